The first-order valence-corrected chi connectivity index (χ1v) is 18.4. The zero-order valence-electron chi connectivity index (χ0n) is 29.5. The second-order valence-electron chi connectivity index (χ2n) is 13.8. The Morgan fingerprint density at radius 3 is 1.52 bits per heavy atom. The molecule has 0 fully saturated rings. The van der Waals surface area contributed by atoms with Gasteiger partial charge in [0.25, 0.3) is 0 Å². The number of hydrogen-bond acceptors (Lipinski definition) is 2. The summed E-state index contributed by atoms with van der Waals surface area (Å²) in [4.78, 5) is 10.6. The molecule has 2 nitrogen and oxygen atoms in total. The summed E-state index contributed by atoms with van der Waals surface area (Å²) in [5.41, 5.74) is 11.9. The van der Waals surface area contributed by atoms with E-state index in [2.05, 4.69) is 200 Å². The number of benzene rings is 9. The zero-order chi connectivity index (χ0) is 35.8. The van der Waals surface area contributed by atoms with Gasteiger partial charge in [-0.15, -0.1) is 0 Å². The molecule has 1 aromatic heterocycles. The Morgan fingerprint density at radius 2 is 0.759 bits per heavy atom. The van der Waals surface area contributed by atoms with Gasteiger partial charge in [-0.05, 0) is 90.0 Å². The number of fused-ring (bicyclic) bond motifs is 4. The van der Waals surface area contributed by atoms with Crippen LogP contribution >= 0.6 is 0 Å². The molecule has 1 heterocycles. The summed E-state index contributed by atoms with van der Waals surface area (Å²) in [5, 5.41) is 7.44. The Kier molecular flexibility index (Phi) is 7.85. The first kappa shape index (κ1) is 31.6. The third-order valence-electron chi connectivity index (χ3n) is 10.5. The minimum Gasteiger partial charge on any atom is -0.228 e. The minimum absolute atomic E-state index is 0.691. The van der Waals surface area contributed by atoms with Gasteiger partial charge in [-0.2, -0.15) is 0 Å². The van der Waals surface area contributed by atoms with Crippen LogP contribution in [-0.4, -0.2) is 9.97 Å². The lowest BCUT2D eigenvalue weighted by Crippen LogP contribution is -1.97. The molecule has 0 unspecified atom stereocenters. The van der Waals surface area contributed by atoms with Crippen molar-refractivity contribution in [2.24, 2.45) is 0 Å². The predicted octanol–water partition coefficient (Wildman–Crippen LogP) is 13.9. The molecule has 0 aliphatic rings. The fourth-order valence-corrected chi connectivity index (χ4v) is 7.77. The van der Waals surface area contributed by atoms with Gasteiger partial charge in [0, 0.05) is 16.7 Å². The Morgan fingerprint density at radius 1 is 0.241 bits per heavy atom. The number of rotatable bonds is 6. The first-order chi connectivity index (χ1) is 26.7. The predicted molar refractivity (Wildman–Crippen MR) is 227 cm³/mol. The molecular formula is C52H34N2. The topological polar surface area (TPSA) is 25.8 Å². The maximum atomic E-state index is 5.29. The molecular weight excluding hydrogens is 653 g/mol. The average molecular weight is 687 g/mol. The van der Waals surface area contributed by atoms with E-state index in [0.717, 1.165) is 39.2 Å². The van der Waals surface area contributed by atoms with Crippen molar-refractivity contribution in [2.75, 3.05) is 0 Å². The molecule has 2 heteroatoms. The van der Waals surface area contributed by atoms with Crippen molar-refractivity contribution in [2.45, 2.75) is 0 Å². The lowest BCUT2D eigenvalue weighted by molar-refractivity contribution is 1.18. The van der Waals surface area contributed by atoms with Crippen LogP contribution in [0.2, 0.25) is 0 Å². The molecule has 0 spiro atoms. The van der Waals surface area contributed by atoms with Crippen molar-refractivity contribution in [3.63, 3.8) is 0 Å². The van der Waals surface area contributed by atoms with E-state index in [0.29, 0.717) is 5.82 Å². The van der Waals surface area contributed by atoms with Gasteiger partial charge in [-0.1, -0.05) is 182 Å². The first-order valence-electron chi connectivity index (χ1n) is 18.4. The molecule has 252 valence electrons. The minimum atomic E-state index is 0.691. The van der Waals surface area contributed by atoms with E-state index in [4.69, 9.17) is 9.97 Å². The number of nitrogens with zero attached hydrogens (tertiary/aromatic N) is 2. The Labute approximate surface area is 314 Å². The van der Waals surface area contributed by atoms with Crippen molar-refractivity contribution in [3.8, 4) is 67.3 Å². The van der Waals surface area contributed by atoms with Crippen LogP contribution in [0, 0.1) is 0 Å². The van der Waals surface area contributed by atoms with E-state index in [9.17, 15) is 0 Å². The van der Waals surface area contributed by atoms with Crippen molar-refractivity contribution in [1.82, 2.24) is 9.97 Å². The molecule has 10 rings (SSSR count). The lowest BCUT2D eigenvalue weighted by atomic mass is 9.89. The van der Waals surface area contributed by atoms with E-state index >= 15 is 0 Å². The molecule has 0 saturated heterocycles. The molecule has 0 N–H and O–H groups in total. The molecule has 0 atom stereocenters. The lowest BCUT2D eigenvalue weighted by Gasteiger charge is -2.15. The summed E-state index contributed by atoms with van der Waals surface area (Å²) < 4.78 is 0. The standard InChI is InChI=1S/C52H34N2/c1-3-13-35(14-4-1)37-25-27-39(28-26-37)49-34-50(42-20-11-19-40(31-42)36-15-5-2-6-16-36)54-52(53-49)44-22-12-21-43(32-44)51-46-24-10-8-18-41(46)33-48-45-23-9-7-17-38(45)29-30-47(48)51/h1-34H. The Hall–Kier alpha value is -7.16. The van der Waals surface area contributed by atoms with Crippen LogP contribution in [0.15, 0.2) is 206 Å². The maximum absolute atomic E-state index is 5.29. The van der Waals surface area contributed by atoms with Crippen molar-refractivity contribution in [1.29, 1.82) is 0 Å². The number of hydrogen-bond donors (Lipinski definition) is 0. The zero-order valence-corrected chi connectivity index (χ0v) is 29.5. The summed E-state index contributed by atoms with van der Waals surface area (Å²) in [6.07, 6.45) is 0. The molecule has 0 saturated carbocycles. The third kappa shape index (κ3) is 5.81. The van der Waals surface area contributed by atoms with Gasteiger partial charge in [0.1, 0.15) is 0 Å². The van der Waals surface area contributed by atoms with Crippen LogP contribution in [-0.2, 0) is 0 Å². The molecule has 0 amide bonds. The van der Waals surface area contributed by atoms with Gasteiger partial charge in [-0.25, -0.2) is 9.97 Å². The Bertz CT molecular complexity index is 2970. The smallest absolute Gasteiger partial charge is 0.160 e. The molecule has 0 aliphatic heterocycles. The van der Waals surface area contributed by atoms with Crippen LogP contribution in [0.1, 0.15) is 0 Å². The van der Waals surface area contributed by atoms with Gasteiger partial charge in [0.2, 0.25) is 0 Å². The normalized spacial score (nSPS) is 11.3. The van der Waals surface area contributed by atoms with Crippen LogP contribution in [0.25, 0.3) is 99.6 Å². The van der Waals surface area contributed by atoms with Crippen molar-refractivity contribution < 1.29 is 0 Å². The molecule has 10 aromatic rings. The van der Waals surface area contributed by atoms with Crippen LogP contribution < -0.4 is 0 Å². The third-order valence-corrected chi connectivity index (χ3v) is 10.5. The molecule has 9 aromatic carbocycles. The summed E-state index contributed by atoms with van der Waals surface area (Å²) >= 11 is 0. The maximum Gasteiger partial charge on any atom is 0.160 e. The second-order valence-corrected chi connectivity index (χ2v) is 13.8. The highest BCUT2D eigenvalue weighted by Gasteiger charge is 2.16. The monoisotopic (exact) mass is 686 g/mol. The van der Waals surface area contributed by atoms with E-state index < -0.39 is 0 Å². The van der Waals surface area contributed by atoms with Gasteiger partial charge < -0.3 is 0 Å². The molecule has 0 aliphatic carbocycles. The fourth-order valence-electron chi connectivity index (χ4n) is 7.77. The highest BCUT2D eigenvalue weighted by atomic mass is 14.9. The van der Waals surface area contributed by atoms with E-state index in [1.807, 2.05) is 6.07 Å². The molecule has 0 bridgehead atoms. The molecule has 54 heavy (non-hydrogen) atoms. The van der Waals surface area contributed by atoms with Gasteiger partial charge in [-0.3, -0.25) is 0 Å². The summed E-state index contributed by atoms with van der Waals surface area (Å²) in [7, 11) is 0. The molecule has 0 radical (unpaired) electrons. The van der Waals surface area contributed by atoms with E-state index in [-0.39, 0.29) is 0 Å². The van der Waals surface area contributed by atoms with Crippen LogP contribution in [0.4, 0.5) is 0 Å². The fraction of sp³-hybridized carbons (Fsp3) is 0. The summed E-state index contributed by atoms with van der Waals surface area (Å²) in [6.45, 7) is 0. The van der Waals surface area contributed by atoms with E-state index in [1.54, 1.807) is 0 Å². The summed E-state index contributed by atoms with van der Waals surface area (Å²) in [6, 6.07) is 73.4. The quantitative estimate of drug-likeness (QED) is 0.129. The number of aromatic nitrogens is 2. The van der Waals surface area contributed by atoms with E-state index in [1.165, 1.54) is 54.6 Å². The van der Waals surface area contributed by atoms with Crippen LogP contribution in [0.3, 0.4) is 0 Å². The van der Waals surface area contributed by atoms with Crippen molar-refractivity contribution in [3.05, 3.63) is 206 Å². The van der Waals surface area contributed by atoms with Gasteiger partial charge in [0.05, 0.1) is 11.4 Å². The van der Waals surface area contributed by atoms with Gasteiger partial charge >= 0.3 is 0 Å². The SMILES string of the molecule is c1ccc(-c2ccc(-c3cc(-c4cccc(-c5ccccc5)c4)nc(-c4cccc(-c5c6ccccc6cc6c5ccc5ccccc56)c4)n3)cc2)cc1. The summed E-state index contributed by atoms with van der Waals surface area (Å²) in [5.74, 6) is 0.691. The van der Waals surface area contributed by atoms with Crippen LogP contribution in [0.5, 0.6) is 0 Å². The Balaban J connectivity index is 1.15. The average Bonchev–Trinajstić information content (AvgIpc) is 3.26. The second kappa shape index (κ2) is 13.4. The largest absolute Gasteiger partial charge is 0.228 e. The van der Waals surface area contributed by atoms with Crippen molar-refractivity contribution >= 4 is 32.3 Å². The van der Waals surface area contributed by atoms with Gasteiger partial charge in [0.15, 0.2) is 5.82 Å². The highest BCUT2D eigenvalue weighted by Crippen LogP contribution is 2.40. The highest BCUT2D eigenvalue weighted by molar-refractivity contribution is 6.20.